The van der Waals surface area contributed by atoms with E-state index in [1.54, 1.807) is 0 Å². The molecule has 1 heterocycles. The van der Waals surface area contributed by atoms with Crippen LogP contribution in [0.15, 0.2) is 22.7 Å². The first-order chi connectivity index (χ1) is 7.58. The maximum absolute atomic E-state index is 5.79. The summed E-state index contributed by atoms with van der Waals surface area (Å²) < 4.78 is 0.921. The van der Waals surface area contributed by atoms with Gasteiger partial charge >= 0.3 is 0 Å². The first kappa shape index (κ1) is 11.3. The van der Waals surface area contributed by atoms with Gasteiger partial charge in [0.25, 0.3) is 0 Å². The number of anilines is 1. The summed E-state index contributed by atoms with van der Waals surface area (Å²) in [5, 5.41) is 1.00. The fraction of sp³-hybridized carbons (Fsp3) is 0.273. The van der Waals surface area contributed by atoms with Gasteiger partial charge in [0.2, 0.25) is 5.95 Å². The highest BCUT2D eigenvalue weighted by atomic mass is 79.9. The number of aromatic nitrogens is 2. The van der Waals surface area contributed by atoms with Gasteiger partial charge < -0.3 is 11.5 Å². The molecule has 0 amide bonds. The Morgan fingerprint density at radius 3 is 2.81 bits per heavy atom. The van der Waals surface area contributed by atoms with Crippen molar-refractivity contribution in [3.05, 3.63) is 28.4 Å². The molecule has 0 radical (unpaired) electrons. The molecule has 0 spiro atoms. The SMILES string of the molecule is CC(N)Cc1nc(N)nc2c(Br)cccc12. The summed E-state index contributed by atoms with van der Waals surface area (Å²) in [6, 6.07) is 5.93. The molecule has 16 heavy (non-hydrogen) atoms. The van der Waals surface area contributed by atoms with Crippen LogP contribution in [0.25, 0.3) is 10.9 Å². The van der Waals surface area contributed by atoms with Gasteiger partial charge in [-0.25, -0.2) is 9.97 Å². The normalized spacial score (nSPS) is 12.9. The number of benzene rings is 1. The molecule has 0 saturated carbocycles. The van der Waals surface area contributed by atoms with Gasteiger partial charge in [-0.2, -0.15) is 0 Å². The van der Waals surface area contributed by atoms with Crippen molar-refractivity contribution < 1.29 is 0 Å². The van der Waals surface area contributed by atoms with Crippen molar-refractivity contribution in [1.82, 2.24) is 9.97 Å². The van der Waals surface area contributed by atoms with Gasteiger partial charge in [-0.3, -0.25) is 0 Å². The minimum Gasteiger partial charge on any atom is -0.368 e. The lowest BCUT2D eigenvalue weighted by atomic mass is 10.1. The third kappa shape index (κ3) is 2.15. The van der Waals surface area contributed by atoms with Crippen LogP contribution < -0.4 is 11.5 Å². The van der Waals surface area contributed by atoms with Crippen LogP contribution in [0.2, 0.25) is 0 Å². The van der Waals surface area contributed by atoms with Crippen molar-refractivity contribution >= 4 is 32.8 Å². The van der Waals surface area contributed by atoms with Gasteiger partial charge in [0.15, 0.2) is 0 Å². The average Bonchev–Trinajstić information content (AvgIpc) is 2.18. The van der Waals surface area contributed by atoms with Crippen LogP contribution >= 0.6 is 15.9 Å². The van der Waals surface area contributed by atoms with Gasteiger partial charge in [0, 0.05) is 22.3 Å². The van der Waals surface area contributed by atoms with E-state index in [-0.39, 0.29) is 12.0 Å². The molecule has 4 N–H and O–H groups in total. The third-order valence-corrected chi connectivity index (χ3v) is 2.93. The van der Waals surface area contributed by atoms with Crippen LogP contribution in [0.1, 0.15) is 12.6 Å². The lowest BCUT2D eigenvalue weighted by Gasteiger charge is -2.09. The molecule has 0 aliphatic carbocycles. The summed E-state index contributed by atoms with van der Waals surface area (Å²) in [6.45, 7) is 1.95. The molecule has 0 aliphatic heterocycles. The van der Waals surface area contributed by atoms with E-state index in [9.17, 15) is 0 Å². The Bertz CT molecular complexity index is 525. The number of fused-ring (bicyclic) bond motifs is 1. The first-order valence-corrected chi connectivity index (χ1v) is 5.83. The van der Waals surface area contributed by atoms with Crippen LogP contribution in [0.3, 0.4) is 0 Å². The molecule has 1 atom stereocenters. The molecule has 1 unspecified atom stereocenters. The van der Waals surface area contributed by atoms with Crippen molar-refractivity contribution in [3.8, 4) is 0 Å². The second-order valence-electron chi connectivity index (χ2n) is 3.85. The minimum absolute atomic E-state index is 0.0523. The standard InChI is InChI=1S/C11H13BrN4/c1-6(13)5-9-7-3-2-4-8(12)10(7)16-11(14)15-9/h2-4,6H,5,13H2,1H3,(H2,14,15,16). The summed E-state index contributed by atoms with van der Waals surface area (Å²) in [4.78, 5) is 8.47. The van der Waals surface area contributed by atoms with Crippen molar-refractivity contribution in [2.75, 3.05) is 5.73 Å². The van der Waals surface area contributed by atoms with E-state index in [2.05, 4.69) is 25.9 Å². The predicted molar refractivity (Wildman–Crippen MR) is 69.0 cm³/mol. The Morgan fingerprint density at radius 2 is 2.12 bits per heavy atom. The van der Waals surface area contributed by atoms with Crippen molar-refractivity contribution in [3.63, 3.8) is 0 Å². The molecular formula is C11H13BrN4. The summed E-state index contributed by atoms with van der Waals surface area (Å²) in [5.74, 6) is 0.287. The smallest absolute Gasteiger partial charge is 0.220 e. The van der Waals surface area contributed by atoms with E-state index in [1.165, 1.54) is 0 Å². The lowest BCUT2D eigenvalue weighted by Crippen LogP contribution is -2.19. The van der Waals surface area contributed by atoms with Crippen LogP contribution in [0.5, 0.6) is 0 Å². The van der Waals surface area contributed by atoms with E-state index in [0.717, 1.165) is 21.1 Å². The molecule has 4 nitrogen and oxygen atoms in total. The number of nitrogen functional groups attached to an aromatic ring is 1. The van der Waals surface area contributed by atoms with Crippen molar-refractivity contribution in [2.24, 2.45) is 5.73 Å². The fourth-order valence-electron chi connectivity index (χ4n) is 1.66. The maximum atomic E-state index is 5.79. The number of nitrogens with two attached hydrogens (primary N) is 2. The summed E-state index contributed by atoms with van der Waals surface area (Å²) in [6.07, 6.45) is 0.694. The molecule has 84 valence electrons. The number of hydrogen-bond donors (Lipinski definition) is 2. The van der Waals surface area contributed by atoms with Gasteiger partial charge in [0.1, 0.15) is 0 Å². The van der Waals surface area contributed by atoms with E-state index in [1.807, 2.05) is 25.1 Å². The zero-order chi connectivity index (χ0) is 11.7. The Balaban J connectivity index is 2.68. The second kappa shape index (κ2) is 4.35. The van der Waals surface area contributed by atoms with Crippen LogP contribution in [0, 0.1) is 0 Å². The Hall–Kier alpha value is -1.20. The van der Waals surface area contributed by atoms with Gasteiger partial charge in [-0.15, -0.1) is 0 Å². The number of halogens is 1. The molecule has 5 heteroatoms. The Labute approximate surface area is 102 Å². The molecule has 1 aromatic heterocycles. The van der Waals surface area contributed by atoms with Crippen LogP contribution in [-0.2, 0) is 6.42 Å². The quantitative estimate of drug-likeness (QED) is 0.880. The highest BCUT2D eigenvalue weighted by Crippen LogP contribution is 2.25. The summed E-state index contributed by atoms with van der Waals surface area (Å²) >= 11 is 3.45. The molecule has 0 fully saturated rings. The van der Waals surface area contributed by atoms with Gasteiger partial charge in [0.05, 0.1) is 11.2 Å². The zero-order valence-electron chi connectivity index (χ0n) is 8.94. The molecule has 0 bridgehead atoms. The highest BCUT2D eigenvalue weighted by molar-refractivity contribution is 9.10. The fourth-order valence-corrected chi connectivity index (χ4v) is 2.12. The number of para-hydroxylation sites is 1. The first-order valence-electron chi connectivity index (χ1n) is 5.04. The van der Waals surface area contributed by atoms with Gasteiger partial charge in [-0.1, -0.05) is 12.1 Å². The topological polar surface area (TPSA) is 77.8 Å². The average molecular weight is 281 g/mol. The Kier molecular flexibility index (Phi) is 3.07. The van der Waals surface area contributed by atoms with Gasteiger partial charge in [-0.05, 0) is 28.9 Å². The Morgan fingerprint density at radius 1 is 1.38 bits per heavy atom. The molecular weight excluding hydrogens is 268 g/mol. The van der Waals surface area contributed by atoms with Crippen molar-refractivity contribution in [1.29, 1.82) is 0 Å². The highest BCUT2D eigenvalue weighted by Gasteiger charge is 2.09. The maximum Gasteiger partial charge on any atom is 0.220 e. The summed E-state index contributed by atoms with van der Waals surface area (Å²) in [7, 11) is 0. The van der Waals surface area contributed by atoms with Crippen molar-refractivity contribution in [2.45, 2.75) is 19.4 Å². The van der Waals surface area contributed by atoms with E-state index in [0.29, 0.717) is 6.42 Å². The van der Waals surface area contributed by atoms with E-state index in [4.69, 9.17) is 11.5 Å². The predicted octanol–water partition coefficient (Wildman–Crippen LogP) is 1.86. The minimum atomic E-state index is 0.0523. The third-order valence-electron chi connectivity index (χ3n) is 2.29. The lowest BCUT2D eigenvalue weighted by molar-refractivity contribution is 0.726. The van der Waals surface area contributed by atoms with Crippen LogP contribution in [-0.4, -0.2) is 16.0 Å². The molecule has 2 rings (SSSR count). The number of hydrogen-bond acceptors (Lipinski definition) is 4. The second-order valence-corrected chi connectivity index (χ2v) is 4.70. The largest absolute Gasteiger partial charge is 0.368 e. The van der Waals surface area contributed by atoms with E-state index >= 15 is 0 Å². The molecule has 0 saturated heterocycles. The van der Waals surface area contributed by atoms with Crippen LogP contribution in [0.4, 0.5) is 5.95 Å². The monoisotopic (exact) mass is 280 g/mol. The molecule has 1 aromatic carbocycles. The van der Waals surface area contributed by atoms with E-state index < -0.39 is 0 Å². The zero-order valence-corrected chi connectivity index (χ0v) is 10.5. The molecule has 2 aromatic rings. The summed E-state index contributed by atoms with van der Waals surface area (Å²) in [5.41, 5.74) is 13.2. The number of nitrogens with zero attached hydrogens (tertiary/aromatic N) is 2. The number of rotatable bonds is 2. The molecule has 0 aliphatic rings.